The van der Waals surface area contributed by atoms with Crippen LogP contribution in [-0.2, 0) is 25.4 Å². The third kappa shape index (κ3) is 4.86. The summed E-state index contributed by atoms with van der Waals surface area (Å²) >= 11 is 15.7. The maximum Gasteiger partial charge on any atom is 0.433 e. The number of ether oxygens (including phenoxy) is 1. The molecule has 2 heterocycles. The smallest absolute Gasteiger partial charge is 0.433 e. The van der Waals surface area contributed by atoms with Crippen molar-refractivity contribution in [2.75, 3.05) is 19.2 Å². The first kappa shape index (κ1) is 31.3. The molecule has 0 spiro atoms. The molecule has 1 aromatic heterocycles. The zero-order chi connectivity index (χ0) is 32.7. The number of aromatic nitrogens is 1. The standard InChI is InChI=1S/C30H21BrCl2F3N3O6/c1-38(27-17(32)5-6-21(37-27)30(34,35)36)39-28(43)13-4-3-12-14(23(13)29(39)44)9-15-24(19(40)10-16(31)25(15)41)22(12)11-7-18(33)26(42)20(8-11)45-2/h3,5-8,10,13-14,22-23,42H,4,9H2,1-2H3/t13-,14+,22-,23-/m0/s1. The van der Waals surface area contributed by atoms with E-state index in [1.54, 1.807) is 6.08 Å². The number of pyridine rings is 1. The number of carbonyl (C=O) groups excluding carboxylic acids is 4. The first-order valence-corrected chi connectivity index (χ1v) is 15.0. The van der Waals surface area contributed by atoms with Crippen molar-refractivity contribution >= 4 is 68.3 Å². The van der Waals surface area contributed by atoms with Crippen LogP contribution in [0.4, 0.5) is 19.0 Å². The molecule has 1 saturated heterocycles. The van der Waals surface area contributed by atoms with Crippen molar-refractivity contribution in [3.63, 3.8) is 0 Å². The summed E-state index contributed by atoms with van der Waals surface area (Å²) in [5, 5.41) is 11.7. The number of anilines is 1. The van der Waals surface area contributed by atoms with Gasteiger partial charge in [0.2, 0.25) is 0 Å². The fourth-order valence-corrected chi connectivity index (χ4v) is 7.59. The van der Waals surface area contributed by atoms with Crippen LogP contribution in [0.5, 0.6) is 11.5 Å². The van der Waals surface area contributed by atoms with E-state index < -0.39 is 64.7 Å². The summed E-state index contributed by atoms with van der Waals surface area (Å²) in [4.78, 5) is 58.3. The van der Waals surface area contributed by atoms with Gasteiger partial charge in [0.15, 0.2) is 28.9 Å². The number of phenols is 1. The molecular formula is C30H21BrCl2F3N3O6. The second-order valence-electron chi connectivity index (χ2n) is 11.0. The number of amides is 2. The molecule has 234 valence electrons. The van der Waals surface area contributed by atoms with Crippen molar-refractivity contribution in [3.8, 4) is 11.5 Å². The maximum atomic E-state index is 14.1. The Labute approximate surface area is 272 Å². The number of alkyl halides is 3. The summed E-state index contributed by atoms with van der Waals surface area (Å²) in [6.07, 6.45) is -1.86. The molecule has 1 N–H and O–H groups in total. The van der Waals surface area contributed by atoms with Crippen LogP contribution in [0, 0.1) is 17.8 Å². The zero-order valence-corrected chi connectivity index (χ0v) is 26.4. The second kappa shape index (κ2) is 11.0. The molecule has 15 heteroatoms. The number of imide groups is 1. The number of hydrazine groups is 1. The van der Waals surface area contributed by atoms with Crippen molar-refractivity contribution < 1.29 is 42.2 Å². The SMILES string of the molecule is COc1cc([C@H]2C3=CC[C@@H]4C(=O)N(N(C)c5nc(C(F)(F)F)ccc5Cl)C(=O)[C@@H]4[C@@H]3CC3=C2C(=O)C=C(Br)C3=O)cc(Cl)c1O. The summed E-state index contributed by atoms with van der Waals surface area (Å²) in [6, 6.07) is 4.60. The molecule has 2 amide bonds. The van der Waals surface area contributed by atoms with Gasteiger partial charge >= 0.3 is 6.18 Å². The Morgan fingerprint density at radius 2 is 1.80 bits per heavy atom. The van der Waals surface area contributed by atoms with Crippen LogP contribution in [0.2, 0.25) is 10.0 Å². The van der Waals surface area contributed by atoms with Gasteiger partial charge in [-0.1, -0.05) is 34.9 Å². The number of halogens is 6. The summed E-state index contributed by atoms with van der Waals surface area (Å²) in [5.41, 5.74) is 0.0756. The van der Waals surface area contributed by atoms with Crippen LogP contribution in [0.1, 0.15) is 30.0 Å². The van der Waals surface area contributed by atoms with Gasteiger partial charge in [0.1, 0.15) is 5.69 Å². The normalized spacial score (nSPS) is 24.7. The van der Waals surface area contributed by atoms with E-state index in [4.69, 9.17) is 27.9 Å². The molecule has 4 atom stereocenters. The highest BCUT2D eigenvalue weighted by Gasteiger charge is 2.58. The van der Waals surface area contributed by atoms with Gasteiger partial charge in [0, 0.05) is 30.2 Å². The molecule has 1 fully saturated rings. The first-order chi connectivity index (χ1) is 21.1. The third-order valence-corrected chi connectivity index (χ3v) is 9.81. The topological polar surface area (TPSA) is 117 Å². The second-order valence-corrected chi connectivity index (χ2v) is 12.6. The predicted octanol–water partition coefficient (Wildman–Crippen LogP) is 5.93. The lowest BCUT2D eigenvalue weighted by atomic mass is 9.59. The van der Waals surface area contributed by atoms with Crippen LogP contribution < -0.4 is 9.75 Å². The number of allylic oxidation sites excluding steroid dienone is 6. The zero-order valence-electron chi connectivity index (χ0n) is 23.3. The minimum atomic E-state index is -4.80. The highest BCUT2D eigenvalue weighted by atomic mass is 79.9. The van der Waals surface area contributed by atoms with Crippen molar-refractivity contribution in [1.82, 2.24) is 9.99 Å². The fraction of sp³-hybridized carbons (Fsp3) is 0.300. The average molecular weight is 727 g/mol. The molecule has 0 radical (unpaired) electrons. The molecule has 1 aliphatic heterocycles. The Balaban J connectivity index is 1.45. The molecule has 0 saturated carbocycles. The van der Waals surface area contributed by atoms with Crippen molar-refractivity contribution in [2.45, 2.75) is 24.9 Å². The minimum Gasteiger partial charge on any atom is -0.503 e. The molecule has 2 aromatic rings. The van der Waals surface area contributed by atoms with E-state index >= 15 is 0 Å². The lowest BCUT2D eigenvalue weighted by Gasteiger charge is -2.42. The lowest BCUT2D eigenvalue weighted by Crippen LogP contribution is -2.46. The monoisotopic (exact) mass is 725 g/mol. The quantitative estimate of drug-likeness (QED) is 0.234. The number of hydrogen-bond donors (Lipinski definition) is 1. The number of phenolic OH excluding ortho intramolecular Hbond substituents is 1. The van der Waals surface area contributed by atoms with E-state index in [-0.39, 0.29) is 50.0 Å². The van der Waals surface area contributed by atoms with E-state index in [0.717, 1.165) is 16.1 Å². The molecule has 0 unspecified atom stereocenters. The van der Waals surface area contributed by atoms with Gasteiger partial charge in [0.25, 0.3) is 11.8 Å². The Bertz CT molecular complexity index is 1820. The number of methoxy groups -OCH3 is 1. The van der Waals surface area contributed by atoms with Crippen LogP contribution >= 0.6 is 39.1 Å². The van der Waals surface area contributed by atoms with E-state index in [1.807, 2.05) is 0 Å². The molecule has 0 bridgehead atoms. The highest BCUT2D eigenvalue weighted by Crippen LogP contribution is 2.56. The molecule has 3 aliphatic carbocycles. The van der Waals surface area contributed by atoms with E-state index in [0.29, 0.717) is 17.2 Å². The lowest BCUT2D eigenvalue weighted by molar-refractivity contribution is -0.141. The maximum absolute atomic E-state index is 14.1. The number of carbonyl (C=O) groups is 4. The van der Waals surface area contributed by atoms with E-state index in [9.17, 15) is 37.5 Å². The molecule has 1 aromatic carbocycles. The number of benzene rings is 1. The van der Waals surface area contributed by atoms with Gasteiger partial charge in [-0.05, 0) is 64.5 Å². The van der Waals surface area contributed by atoms with Gasteiger partial charge in [-0.25, -0.2) is 4.98 Å². The summed E-state index contributed by atoms with van der Waals surface area (Å²) in [6.45, 7) is 0. The fourth-order valence-electron chi connectivity index (χ4n) is 6.69. The summed E-state index contributed by atoms with van der Waals surface area (Å²) in [5.74, 6) is -6.60. The van der Waals surface area contributed by atoms with Crippen LogP contribution in [0.3, 0.4) is 0 Å². The molecular weight excluding hydrogens is 706 g/mol. The van der Waals surface area contributed by atoms with Gasteiger partial charge in [0.05, 0.1) is 33.5 Å². The van der Waals surface area contributed by atoms with Crippen molar-refractivity contribution in [2.24, 2.45) is 17.8 Å². The van der Waals surface area contributed by atoms with E-state index in [1.165, 1.54) is 32.4 Å². The minimum absolute atomic E-state index is 0.0211. The average Bonchev–Trinajstić information content (AvgIpc) is 3.24. The Hall–Kier alpha value is -3.68. The number of rotatable bonds is 4. The van der Waals surface area contributed by atoms with Crippen LogP contribution in [-0.4, -0.2) is 52.6 Å². The number of hydrogen-bond acceptors (Lipinski definition) is 8. The number of ketones is 2. The summed E-state index contributed by atoms with van der Waals surface area (Å²) in [7, 11) is 2.54. The number of nitrogens with zero attached hydrogens (tertiary/aromatic N) is 3. The molecule has 6 rings (SSSR count). The molecule has 9 nitrogen and oxygen atoms in total. The summed E-state index contributed by atoms with van der Waals surface area (Å²) < 4.78 is 45.6. The first-order valence-electron chi connectivity index (χ1n) is 13.5. The number of fused-ring (bicyclic) bond motifs is 3. The van der Waals surface area contributed by atoms with Crippen LogP contribution in [0.15, 0.2) is 57.6 Å². The van der Waals surface area contributed by atoms with Gasteiger partial charge in [-0.15, -0.1) is 0 Å². The van der Waals surface area contributed by atoms with Crippen LogP contribution in [0.25, 0.3) is 0 Å². The third-order valence-electron chi connectivity index (χ3n) is 8.64. The molecule has 4 aliphatic rings. The van der Waals surface area contributed by atoms with E-state index in [2.05, 4.69) is 20.9 Å². The Morgan fingerprint density at radius 3 is 2.47 bits per heavy atom. The largest absolute Gasteiger partial charge is 0.503 e. The number of aromatic hydroxyl groups is 1. The van der Waals surface area contributed by atoms with Gasteiger partial charge in [-0.3, -0.25) is 24.2 Å². The highest BCUT2D eigenvalue weighted by molar-refractivity contribution is 9.12. The predicted molar refractivity (Wildman–Crippen MR) is 159 cm³/mol. The Morgan fingerprint density at radius 1 is 1.09 bits per heavy atom. The number of Topliss-reactive ketones (excluding diaryl/α,β-unsaturated/α-hetero) is 1. The van der Waals surface area contributed by atoms with Gasteiger partial charge < -0.3 is 9.84 Å². The molecule has 45 heavy (non-hydrogen) atoms. The van der Waals surface area contributed by atoms with Gasteiger partial charge in [-0.2, -0.15) is 18.2 Å². The van der Waals surface area contributed by atoms with Crippen molar-refractivity contribution in [3.05, 3.63) is 78.9 Å². The van der Waals surface area contributed by atoms with Crippen molar-refractivity contribution in [1.29, 1.82) is 0 Å². The Kier molecular flexibility index (Phi) is 7.65.